The van der Waals surface area contributed by atoms with Crippen molar-refractivity contribution < 1.29 is 13.2 Å². The van der Waals surface area contributed by atoms with Gasteiger partial charge in [0.15, 0.2) is 9.84 Å². The van der Waals surface area contributed by atoms with E-state index in [0.717, 1.165) is 17.7 Å². The smallest absolute Gasteiger partial charge is 0.228 e. The van der Waals surface area contributed by atoms with Crippen LogP contribution in [0.5, 0.6) is 0 Å². The lowest BCUT2D eigenvalue weighted by molar-refractivity contribution is -0.118. The number of carbonyl (C=O) groups excluding carboxylic acids is 1. The number of hydrogen-bond donors (Lipinski definition) is 0. The van der Waals surface area contributed by atoms with Crippen LogP contribution in [0.2, 0.25) is 5.02 Å². The lowest BCUT2D eigenvalue weighted by Gasteiger charge is -2.33. The topological polar surface area (TPSA) is 54.5 Å². The molecule has 1 atom stereocenters. The van der Waals surface area contributed by atoms with Crippen LogP contribution in [0.4, 0.5) is 5.69 Å². The predicted octanol–water partition coefficient (Wildman–Crippen LogP) is 3.73. The fourth-order valence-electron chi connectivity index (χ4n) is 3.20. The molecule has 0 radical (unpaired) electrons. The molecular formula is C19H20ClNO3S. The van der Waals surface area contributed by atoms with Gasteiger partial charge in [-0.2, -0.15) is 0 Å². The monoisotopic (exact) mass is 377 g/mol. The third-order valence-electron chi connectivity index (χ3n) is 4.40. The van der Waals surface area contributed by atoms with Crippen molar-refractivity contribution in [1.29, 1.82) is 0 Å². The zero-order valence-corrected chi connectivity index (χ0v) is 15.6. The molecular weight excluding hydrogens is 358 g/mol. The summed E-state index contributed by atoms with van der Waals surface area (Å²) in [6.07, 6.45) is 0.868. The van der Waals surface area contributed by atoms with Gasteiger partial charge in [0.1, 0.15) is 0 Å². The summed E-state index contributed by atoms with van der Waals surface area (Å²) in [4.78, 5) is 14.5. The molecule has 1 amide bonds. The number of amides is 1. The van der Waals surface area contributed by atoms with Gasteiger partial charge >= 0.3 is 0 Å². The Morgan fingerprint density at radius 1 is 1.16 bits per heavy atom. The fourth-order valence-corrected chi connectivity index (χ4v) is 5.00. The second-order valence-electron chi connectivity index (χ2n) is 6.44. The number of benzene rings is 2. The Morgan fingerprint density at radius 2 is 1.84 bits per heavy atom. The lowest BCUT2D eigenvalue weighted by atomic mass is 9.94. The number of fused-ring (bicyclic) bond motifs is 1. The number of halogens is 1. The summed E-state index contributed by atoms with van der Waals surface area (Å²) >= 11 is 5.98. The van der Waals surface area contributed by atoms with E-state index in [2.05, 4.69) is 6.92 Å². The van der Waals surface area contributed by atoms with E-state index in [0.29, 0.717) is 12.5 Å². The molecule has 1 aliphatic rings. The van der Waals surface area contributed by atoms with Crippen molar-refractivity contribution in [2.75, 3.05) is 17.2 Å². The van der Waals surface area contributed by atoms with Crippen LogP contribution in [0, 0.1) is 5.92 Å². The molecule has 0 saturated carbocycles. The molecule has 6 heteroatoms. The van der Waals surface area contributed by atoms with Crippen molar-refractivity contribution in [3.8, 4) is 0 Å². The molecule has 2 aromatic rings. The Kier molecular flexibility index (Phi) is 5.16. The summed E-state index contributed by atoms with van der Waals surface area (Å²) in [7, 11) is -3.60. The molecule has 1 aliphatic heterocycles. The van der Waals surface area contributed by atoms with Gasteiger partial charge in [0, 0.05) is 18.7 Å². The first-order valence-electron chi connectivity index (χ1n) is 8.24. The Balaban J connectivity index is 1.76. The molecule has 1 heterocycles. The predicted molar refractivity (Wildman–Crippen MR) is 99.8 cm³/mol. The molecule has 1 unspecified atom stereocenters. The molecule has 2 aromatic carbocycles. The standard InChI is InChI=1S/C19H20ClNO3S/c1-14-12-15-6-2-4-8-17(15)21(13-14)19(22)10-11-25(23,24)18-9-5-3-7-16(18)20/h2-9,14H,10-13H2,1H3. The quantitative estimate of drug-likeness (QED) is 0.815. The van der Waals surface area contributed by atoms with Crippen LogP contribution in [0.25, 0.3) is 0 Å². The van der Waals surface area contributed by atoms with E-state index in [1.54, 1.807) is 23.1 Å². The molecule has 0 saturated heterocycles. The van der Waals surface area contributed by atoms with E-state index in [9.17, 15) is 13.2 Å². The van der Waals surface area contributed by atoms with Crippen LogP contribution in [-0.2, 0) is 21.1 Å². The van der Waals surface area contributed by atoms with Crippen molar-refractivity contribution in [2.45, 2.75) is 24.7 Å². The first-order chi connectivity index (χ1) is 11.9. The molecule has 0 fully saturated rings. The minimum Gasteiger partial charge on any atom is -0.312 e. The highest BCUT2D eigenvalue weighted by atomic mass is 35.5. The van der Waals surface area contributed by atoms with Gasteiger partial charge in [0.05, 0.1) is 15.7 Å². The van der Waals surface area contributed by atoms with Crippen LogP contribution in [-0.4, -0.2) is 26.6 Å². The molecule has 0 spiro atoms. The van der Waals surface area contributed by atoms with Gasteiger partial charge in [-0.15, -0.1) is 0 Å². The number of sulfone groups is 1. The number of hydrogen-bond acceptors (Lipinski definition) is 3. The van der Waals surface area contributed by atoms with Crippen molar-refractivity contribution in [3.05, 3.63) is 59.1 Å². The number of anilines is 1. The highest BCUT2D eigenvalue weighted by Gasteiger charge is 2.27. The SMILES string of the molecule is CC1Cc2ccccc2N(C(=O)CCS(=O)(=O)c2ccccc2Cl)C1. The summed E-state index contributed by atoms with van der Waals surface area (Å²) in [5.74, 6) is -0.0727. The Labute approximate surface area is 153 Å². The van der Waals surface area contributed by atoms with Gasteiger partial charge in [-0.3, -0.25) is 4.79 Å². The van der Waals surface area contributed by atoms with E-state index in [4.69, 9.17) is 11.6 Å². The van der Waals surface area contributed by atoms with Gasteiger partial charge in [0.2, 0.25) is 5.91 Å². The Bertz CT molecular complexity index is 895. The van der Waals surface area contributed by atoms with Crippen molar-refractivity contribution in [2.24, 2.45) is 5.92 Å². The van der Waals surface area contributed by atoms with Crippen LogP contribution in [0.15, 0.2) is 53.4 Å². The molecule has 4 nitrogen and oxygen atoms in total. The number of rotatable bonds is 4. The van der Waals surface area contributed by atoms with E-state index < -0.39 is 9.84 Å². The summed E-state index contributed by atoms with van der Waals surface area (Å²) in [6.45, 7) is 2.71. The summed E-state index contributed by atoms with van der Waals surface area (Å²) < 4.78 is 25.0. The molecule has 0 aliphatic carbocycles. The maximum absolute atomic E-state index is 12.7. The molecule has 3 rings (SSSR count). The third kappa shape index (κ3) is 3.88. The first kappa shape index (κ1) is 18.0. The van der Waals surface area contributed by atoms with Crippen molar-refractivity contribution in [1.82, 2.24) is 0 Å². The number of para-hydroxylation sites is 1. The molecule has 0 bridgehead atoms. The van der Waals surface area contributed by atoms with Crippen LogP contribution < -0.4 is 4.90 Å². The first-order valence-corrected chi connectivity index (χ1v) is 10.3. The fraction of sp³-hybridized carbons (Fsp3) is 0.316. The second kappa shape index (κ2) is 7.18. The number of carbonyl (C=O) groups is 1. The van der Waals surface area contributed by atoms with E-state index in [-0.39, 0.29) is 28.0 Å². The number of nitrogens with zero attached hydrogens (tertiary/aromatic N) is 1. The van der Waals surface area contributed by atoms with Gasteiger partial charge < -0.3 is 4.90 Å². The normalized spacial score (nSPS) is 17.2. The maximum atomic E-state index is 12.7. The van der Waals surface area contributed by atoms with Crippen LogP contribution in [0.1, 0.15) is 18.9 Å². The summed E-state index contributed by atoms with van der Waals surface area (Å²) in [5, 5.41) is 0.187. The van der Waals surface area contributed by atoms with Crippen LogP contribution >= 0.6 is 11.6 Å². The van der Waals surface area contributed by atoms with Gasteiger partial charge in [0.25, 0.3) is 0 Å². The summed E-state index contributed by atoms with van der Waals surface area (Å²) in [6, 6.07) is 14.1. The zero-order valence-electron chi connectivity index (χ0n) is 14.0. The third-order valence-corrected chi connectivity index (χ3v) is 6.61. The average Bonchev–Trinajstić information content (AvgIpc) is 2.59. The Hall–Kier alpha value is -1.85. The second-order valence-corrected chi connectivity index (χ2v) is 8.93. The van der Waals surface area contributed by atoms with E-state index in [1.165, 1.54) is 6.07 Å². The van der Waals surface area contributed by atoms with E-state index >= 15 is 0 Å². The largest absolute Gasteiger partial charge is 0.312 e. The van der Waals surface area contributed by atoms with Crippen LogP contribution in [0.3, 0.4) is 0 Å². The lowest BCUT2D eigenvalue weighted by Crippen LogP contribution is -2.39. The molecule has 132 valence electrons. The zero-order chi connectivity index (χ0) is 18.0. The maximum Gasteiger partial charge on any atom is 0.228 e. The molecule has 25 heavy (non-hydrogen) atoms. The summed E-state index contributed by atoms with van der Waals surface area (Å²) in [5.41, 5.74) is 2.02. The molecule has 0 aromatic heterocycles. The Morgan fingerprint density at radius 3 is 2.60 bits per heavy atom. The van der Waals surface area contributed by atoms with Crippen molar-refractivity contribution in [3.63, 3.8) is 0 Å². The van der Waals surface area contributed by atoms with Gasteiger partial charge in [-0.1, -0.05) is 48.9 Å². The van der Waals surface area contributed by atoms with Crippen molar-refractivity contribution >= 4 is 33.0 Å². The molecule has 0 N–H and O–H groups in total. The highest BCUT2D eigenvalue weighted by molar-refractivity contribution is 7.91. The van der Waals surface area contributed by atoms with Gasteiger partial charge in [-0.05, 0) is 36.1 Å². The minimum absolute atomic E-state index is 0.0609. The van der Waals surface area contributed by atoms with E-state index in [1.807, 2.05) is 24.3 Å². The minimum atomic E-state index is -3.60. The average molecular weight is 378 g/mol. The highest BCUT2D eigenvalue weighted by Crippen LogP contribution is 2.30. The van der Waals surface area contributed by atoms with Gasteiger partial charge in [-0.25, -0.2) is 8.42 Å².